The summed E-state index contributed by atoms with van der Waals surface area (Å²) in [5.74, 6) is 2.39. The van der Waals surface area contributed by atoms with Crippen LogP contribution < -0.4 is 14.2 Å². The average Bonchev–Trinajstić information content (AvgIpc) is 3.29. The molecule has 2 heterocycles. The molecule has 2 unspecified atom stereocenters. The molecule has 0 saturated heterocycles. The lowest BCUT2D eigenvalue weighted by Crippen LogP contribution is -2.33. The van der Waals surface area contributed by atoms with Gasteiger partial charge in [-0.1, -0.05) is 24.3 Å². The van der Waals surface area contributed by atoms with E-state index in [4.69, 9.17) is 19.3 Å². The van der Waals surface area contributed by atoms with Crippen LogP contribution in [0.1, 0.15) is 35.4 Å². The second kappa shape index (κ2) is 8.19. The Bertz CT molecular complexity index is 1110. The molecule has 2 aliphatic rings. The van der Waals surface area contributed by atoms with Crippen molar-refractivity contribution in [1.29, 1.82) is 0 Å². The lowest BCUT2D eigenvalue weighted by Gasteiger charge is -2.38. The molecule has 0 saturated carbocycles. The Kier molecular flexibility index (Phi) is 5.24. The van der Waals surface area contributed by atoms with E-state index in [1.165, 1.54) is 4.90 Å². The van der Waals surface area contributed by atoms with Crippen LogP contribution in [0.15, 0.2) is 76.7 Å². The first kappa shape index (κ1) is 19.8. The standard InChI is InChI=1S/C25H24N2O3S/c1-28-18-11-7-16(8-12-18)21-15-22-20-5-4-6-23(29-2)24(20)30-25(27(22)26-21)17-9-13-19(31-3)14-10-17/h4-14,22,25H,15H2,1-3H3. The summed E-state index contributed by atoms with van der Waals surface area (Å²) in [6, 6.07) is 22.7. The molecule has 31 heavy (non-hydrogen) atoms. The Morgan fingerprint density at radius 3 is 2.42 bits per heavy atom. The molecule has 2 atom stereocenters. The van der Waals surface area contributed by atoms with Gasteiger partial charge < -0.3 is 14.2 Å². The number of methoxy groups -OCH3 is 2. The summed E-state index contributed by atoms with van der Waals surface area (Å²) in [5, 5.41) is 7.12. The monoisotopic (exact) mass is 432 g/mol. The van der Waals surface area contributed by atoms with Crippen molar-refractivity contribution >= 4 is 17.5 Å². The van der Waals surface area contributed by atoms with Gasteiger partial charge in [-0.2, -0.15) is 5.10 Å². The van der Waals surface area contributed by atoms with Crippen molar-refractivity contribution in [2.45, 2.75) is 23.6 Å². The molecule has 5 rings (SSSR count). The van der Waals surface area contributed by atoms with Crippen molar-refractivity contribution in [2.75, 3.05) is 20.5 Å². The number of hydrazone groups is 1. The molecule has 5 nitrogen and oxygen atoms in total. The van der Waals surface area contributed by atoms with Crippen LogP contribution in [0.4, 0.5) is 0 Å². The molecule has 2 aliphatic heterocycles. The largest absolute Gasteiger partial charge is 0.497 e. The summed E-state index contributed by atoms with van der Waals surface area (Å²) < 4.78 is 17.4. The van der Waals surface area contributed by atoms with Gasteiger partial charge in [0.15, 0.2) is 11.5 Å². The average molecular weight is 433 g/mol. The summed E-state index contributed by atoms with van der Waals surface area (Å²) in [5.41, 5.74) is 4.30. The number of nitrogens with zero attached hydrogens (tertiary/aromatic N) is 2. The molecule has 0 N–H and O–H groups in total. The Labute approximate surface area is 186 Å². The van der Waals surface area contributed by atoms with E-state index >= 15 is 0 Å². The summed E-state index contributed by atoms with van der Waals surface area (Å²) in [6.07, 6.45) is 2.56. The maximum Gasteiger partial charge on any atom is 0.214 e. The van der Waals surface area contributed by atoms with Gasteiger partial charge in [0.05, 0.1) is 26.0 Å². The van der Waals surface area contributed by atoms with Crippen LogP contribution in [0.5, 0.6) is 17.2 Å². The number of hydrogen-bond donors (Lipinski definition) is 0. The van der Waals surface area contributed by atoms with Gasteiger partial charge >= 0.3 is 0 Å². The van der Waals surface area contributed by atoms with Crippen LogP contribution in [-0.2, 0) is 0 Å². The van der Waals surface area contributed by atoms with Gasteiger partial charge in [-0.3, -0.25) is 0 Å². The third-order valence-corrected chi connectivity index (χ3v) is 6.57. The fourth-order valence-electron chi connectivity index (χ4n) is 4.19. The number of para-hydroxylation sites is 1. The third-order valence-electron chi connectivity index (χ3n) is 5.82. The van der Waals surface area contributed by atoms with Crippen molar-refractivity contribution in [3.63, 3.8) is 0 Å². The van der Waals surface area contributed by atoms with E-state index in [0.717, 1.165) is 46.1 Å². The van der Waals surface area contributed by atoms with E-state index < -0.39 is 0 Å². The van der Waals surface area contributed by atoms with Crippen molar-refractivity contribution < 1.29 is 14.2 Å². The van der Waals surface area contributed by atoms with Crippen molar-refractivity contribution in [3.8, 4) is 17.2 Å². The van der Waals surface area contributed by atoms with Gasteiger partial charge in [0.25, 0.3) is 0 Å². The minimum absolute atomic E-state index is 0.0844. The van der Waals surface area contributed by atoms with Gasteiger partial charge in [0, 0.05) is 22.4 Å². The molecular formula is C25H24N2O3S. The predicted molar refractivity (Wildman–Crippen MR) is 123 cm³/mol. The quantitative estimate of drug-likeness (QED) is 0.486. The highest BCUT2D eigenvalue weighted by molar-refractivity contribution is 7.98. The molecule has 0 amide bonds. The molecule has 0 aromatic heterocycles. The highest BCUT2D eigenvalue weighted by Crippen LogP contribution is 2.50. The molecule has 3 aromatic carbocycles. The van der Waals surface area contributed by atoms with Crippen LogP contribution in [0.2, 0.25) is 0 Å². The third kappa shape index (κ3) is 3.51. The van der Waals surface area contributed by atoms with Crippen molar-refractivity contribution in [2.24, 2.45) is 5.10 Å². The summed E-state index contributed by atoms with van der Waals surface area (Å²) in [6.45, 7) is 0. The smallest absolute Gasteiger partial charge is 0.214 e. The van der Waals surface area contributed by atoms with Gasteiger partial charge in [-0.15, -0.1) is 11.8 Å². The zero-order valence-electron chi connectivity index (χ0n) is 17.7. The number of ether oxygens (including phenoxy) is 3. The van der Waals surface area contributed by atoms with E-state index in [1.54, 1.807) is 26.0 Å². The van der Waals surface area contributed by atoms with Crippen LogP contribution in [0.3, 0.4) is 0 Å². The fourth-order valence-corrected chi connectivity index (χ4v) is 4.60. The number of thioether (sulfide) groups is 1. The Morgan fingerprint density at radius 1 is 0.968 bits per heavy atom. The van der Waals surface area contributed by atoms with Gasteiger partial charge in [0.1, 0.15) is 5.75 Å². The molecule has 0 bridgehead atoms. The van der Waals surface area contributed by atoms with Crippen LogP contribution in [0, 0.1) is 0 Å². The lowest BCUT2D eigenvalue weighted by atomic mass is 9.95. The van der Waals surface area contributed by atoms with Crippen molar-refractivity contribution in [3.05, 3.63) is 83.4 Å². The molecular weight excluding hydrogens is 408 g/mol. The van der Waals surface area contributed by atoms with E-state index in [-0.39, 0.29) is 12.3 Å². The minimum atomic E-state index is -0.319. The van der Waals surface area contributed by atoms with E-state index in [2.05, 4.69) is 53.7 Å². The van der Waals surface area contributed by atoms with E-state index in [1.807, 2.05) is 24.3 Å². The summed E-state index contributed by atoms with van der Waals surface area (Å²) >= 11 is 1.73. The Balaban J connectivity index is 1.57. The Hall–Kier alpha value is -3.12. The zero-order chi connectivity index (χ0) is 21.4. The van der Waals surface area contributed by atoms with Crippen LogP contribution >= 0.6 is 11.8 Å². The number of benzene rings is 3. The van der Waals surface area contributed by atoms with Crippen LogP contribution in [-0.4, -0.2) is 31.2 Å². The SMILES string of the molecule is COc1ccc(C2=NN3C(C2)c2cccc(OC)c2OC3c2ccc(SC)cc2)cc1. The first-order valence-corrected chi connectivity index (χ1v) is 11.4. The van der Waals surface area contributed by atoms with Gasteiger partial charge in [0.2, 0.25) is 6.23 Å². The predicted octanol–water partition coefficient (Wildman–Crippen LogP) is 5.67. The number of fused-ring (bicyclic) bond motifs is 3. The number of rotatable bonds is 5. The zero-order valence-corrected chi connectivity index (χ0v) is 18.6. The molecule has 0 radical (unpaired) electrons. The Morgan fingerprint density at radius 2 is 1.74 bits per heavy atom. The maximum absolute atomic E-state index is 6.52. The lowest BCUT2D eigenvalue weighted by molar-refractivity contribution is -0.0209. The van der Waals surface area contributed by atoms with E-state index in [9.17, 15) is 0 Å². The molecule has 6 heteroatoms. The van der Waals surface area contributed by atoms with E-state index in [0.29, 0.717) is 0 Å². The molecule has 0 fully saturated rings. The highest BCUT2D eigenvalue weighted by atomic mass is 32.2. The second-order valence-electron chi connectivity index (χ2n) is 7.50. The van der Waals surface area contributed by atoms with Gasteiger partial charge in [-0.05, 0) is 54.3 Å². The first-order valence-electron chi connectivity index (χ1n) is 10.2. The maximum atomic E-state index is 6.52. The minimum Gasteiger partial charge on any atom is -0.497 e. The number of hydrogen-bond acceptors (Lipinski definition) is 6. The van der Waals surface area contributed by atoms with Crippen molar-refractivity contribution in [1.82, 2.24) is 5.01 Å². The molecule has 0 aliphatic carbocycles. The second-order valence-corrected chi connectivity index (χ2v) is 8.38. The molecule has 0 spiro atoms. The first-order chi connectivity index (χ1) is 15.2. The normalized spacial score (nSPS) is 19.2. The topological polar surface area (TPSA) is 43.3 Å². The highest BCUT2D eigenvalue weighted by Gasteiger charge is 2.42. The fraction of sp³-hybridized carbons (Fsp3) is 0.240. The molecule has 158 valence electrons. The summed E-state index contributed by atoms with van der Waals surface area (Å²) in [4.78, 5) is 1.22. The van der Waals surface area contributed by atoms with Crippen LogP contribution in [0.25, 0.3) is 0 Å². The van der Waals surface area contributed by atoms with Gasteiger partial charge in [-0.25, -0.2) is 5.01 Å². The molecule has 3 aromatic rings. The summed E-state index contributed by atoms with van der Waals surface area (Å²) in [7, 11) is 3.36.